The molecule has 5 aliphatic rings. The molecule has 49 nitrogen and oxygen atoms in total. The fourth-order valence-electron chi connectivity index (χ4n) is 8.56. The van der Waals surface area contributed by atoms with Crippen molar-refractivity contribution in [3.05, 3.63) is 0 Å². The van der Waals surface area contributed by atoms with Crippen LogP contribution >= 0.6 is 0 Å². The van der Waals surface area contributed by atoms with Crippen molar-refractivity contribution in [2.45, 2.75) is 153 Å². The summed E-state index contributed by atoms with van der Waals surface area (Å²) < 4.78 is 299. The number of hydrogen-bond donors (Lipinski definition) is 20. The van der Waals surface area contributed by atoms with Crippen LogP contribution in [0.15, 0.2) is 0 Å². The summed E-state index contributed by atoms with van der Waals surface area (Å²) in [5.74, 6) is -4.74. The van der Waals surface area contributed by atoms with Gasteiger partial charge in [0.2, 0.25) is 0 Å². The summed E-state index contributed by atoms with van der Waals surface area (Å²) in [7, 11) is -39.7. The minimum absolute atomic E-state index is 1.22. The molecule has 0 saturated carbocycles. The first-order chi connectivity index (χ1) is 38.9. The predicted octanol–water partition coefficient (Wildman–Crippen LogP) is -14.2. The van der Waals surface area contributed by atoms with Gasteiger partial charge in [-0.05, 0) is 0 Å². The fourth-order valence-corrected chi connectivity index (χ4v) is 11.8. The molecule has 0 aromatic rings. The lowest BCUT2D eigenvalue weighted by molar-refractivity contribution is -0.374. The van der Waals surface area contributed by atoms with Gasteiger partial charge in [0, 0.05) is 0 Å². The van der Waals surface area contributed by atoms with Crippen molar-refractivity contribution in [1.82, 2.24) is 14.2 Å². The Labute approximate surface area is 480 Å². The number of carbonyl (C=O) groups is 2. The molecule has 5 heterocycles. The SMILES string of the molecule is O=C(O)[C@H]1O[C@@H](O[C@H]2[C@H](O)[C@@H](NS(=O)(=O)O)[C@@H](O[C@H]3[C@H](O)[C@@H](OS(=O)(=O)O)[C@H](O[C@H]4[C@H](O)[C@@H](NS(=O)(=O)O)[C@@H](O)O[C@@H]4COS(=O)(=O)O)O[C@H]3C(=O)O)O[C@@H]2COS(=O)(=O)O)[C@H](O)[C@@H](O)[C@@H]1O[C@H]1O[C@H](COS(=O)(=O)O)[C@@H](O)[C@H](O)[C@H]1NS(=O)(=O)O. The average Bonchev–Trinajstić information content (AvgIpc) is 0.845. The van der Waals surface area contributed by atoms with Gasteiger partial charge in [0.15, 0.2) is 49.8 Å². The zero-order valence-corrected chi connectivity index (χ0v) is 47.1. The molecule has 5 saturated heterocycles. The molecule has 5 rings (SSSR count). The molecule has 0 aromatic carbocycles. The van der Waals surface area contributed by atoms with Crippen LogP contribution in [0.4, 0.5) is 0 Å². The van der Waals surface area contributed by atoms with Crippen molar-refractivity contribution in [2.75, 3.05) is 19.8 Å². The third-order valence-corrected chi connectivity index (χ3v) is 15.5. The first-order valence-electron chi connectivity index (χ1n) is 22.5. The van der Waals surface area contributed by atoms with E-state index in [0.717, 1.165) is 0 Å². The standard InChI is InChI=1S/C30H51N3O46S7/c34-10-4(1-67-83(55,56)57)71-27(8(11(10)35)32-81(49,50)51)75-19-14(38)15(39)29(77-22(19)24(41)42)73-18-6(3-69-85(61,62)63)72-28(9(13(18)37)33-82(52,53)54)76-20-16(40)21(79-86(64,65)66)30(78-23(20)25(43)44)74-17-5(2-68-84(58,59)60)70-26(45)7(12(17)36)31-80(46,47)48/h4-23,26-40,45H,1-3H2,(H,41,42)(H,43,44)(H,46,47,48)(H,49,50,51)(H,52,53,54)(H,55,56,57)(H,58,59,60)(H,61,62,63)(H,64,65,66)/t4-,5-,6-,7-,8-,9-,10-,11-,12-,13-,14-,15-,16+,17-,18-,19+,20+,21-,22+,23-,26+,27-,28-,29-,30-/m1/s1. The molecule has 504 valence electrons. The Bertz CT molecular complexity index is 3190. The van der Waals surface area contributed by atoms with Gasteiger partial charge >= 0.3 is 84.4 Å². The van der Waals surface area contributed by atoms with Crippen molar-refractivity contribution >= 4 is 84.4 Å². The number of ether oxygens (including phenoxy) is 9. The van der Waals surface area contributed by atoms with Crippen LogP contribution < -0.4 is 14.2 Å². The van der Waals surface area contributed by atoms with E-state index in [-0.39, 0.29) is 0 Å². The van der Waals surface area contributed by atoms with Gasteiger partial charge in [-0.2, -0.15) is 73.1 Å². The molecule has 0 unspecified atom stereocenters. The molecule has 0 bridgehead atoms. The van der Waals surface area contributed by atoms with Crippen LogP contribution in [0.2, 0.25) is 0 Å². The van der Waals surface area contributed by atoms with Crippen LogP contribution in [0.1, 0.15) is 0 Å². The Morgan fingerprint density at radius 3 is 1.12 bits per heavy atom. The smallest absolute Gasteiger partial charge is 0.397 e. The molecule has 0 spiro atoms. The molecule has 56 heteroatoms. The summed E-state index contributed by atoms with van der Waals surface area (Å²) in [6, 6.07) is -7.96. The lowest BCUT2D eigenvalue weighted by atomic mass is 9.94. The number of carboxylic acids is 2. The largest absolute Gasteiger partial charge is 0.479 e. The number of aliphatic carboxylic acids is 2. The van der Waals surface area contributed by atoms with E-state index in [1.807, 2.05) is 0 Å². The van der Waals surface area contributed by atoms with E-state index in [2.05, 4.69) is 16.7 Å². The summed E-state index contributed by atoms with van der Waals surface area (Å²) >= 11 is 0. The number of rotatable bonds is 27. The molecule has 0 radical (unpaired) electrons. The summed E-state index contributed by atoms with van der Waals surface area (Å²) in [6.45, 7) is -4.86. The summed E-state index contributed by atoms with van der Waals surface area (Å²) in [5.41, 5.74) is 0. The number of carboxylic acid groups (broad SMARTS) is 2. The quantitative estimate of drug-likeness (QED) is 0.0340. The molecule has 20 N–H and O–H groups in total. The third kappa shape index (κ3) is 20.7. The van der Waals surface area contributed by atoms with Crippen LogP contribution in [0, 0.1) is 0 Å². The average molecular weight is 1410 g/mol. The van der Waals surface area contributed by atoms with Crippen molar-refractivity contribution in [3.63, 3.8) is 0 Å². The lowest BCUT2D eigenvalue weighted by Crippen LogP contribution is -2.71. The Morgan fingerprint density at radius 1 is 0.349 bits per heavy atom. The molecule has 0 aliphatic carbocycles. The second-order valence-electron chi connectivity index (χ2n) is 18.0. The van der Waals surface area contributed by atoms with Crippen molar-refractivity contribution in [2.24, 2.45) is 0 Å². The van der Waals surface area contributed by atoms with Crippen LogP contribution in [0.3, 0.4) is 0 Å². The monoisotopic (exact) mass is 1410 g/mol. The molecule has 5 aliphatic heterocycles. The normalized spacial score (nSPS) is 40.0. The number of aliphatic hydroxyl groups excluding tert-OH is 8. The van der Waals surface area contributed by atoms with Gasteiger partial charge < -0.3 is 93.7 Å². The molecular formula is C30H51N3O46S7. The van der Waals surface area contributed by atoms with Gasteiger partial charge in [-0.1, -0.05) is 0 Å². The molecule has 25 atom stereocenters. The molecule has 86 heavy (non-hydrogen) atoms. The number of nitrogens with one attached hydrogen (secondary N) is 3. The summed E-state index contributed by atoms with van der Waals surface area (Å²) in [4.78, 5) is 25.5. The van der Waals surface area contributed by atoms with Gasteiger partial charge in [0.1, 0.15) is 104 Å². The third-order valence-electron chi connectivity index (χ3n) is 12.0. The van der Waals surface area contributed by atoms with Gasteiger partial charge in [0.25, 0.3) is 0 Å². The maximum Gasteiger partial charge on any atom is 0.397 e. The van der Waals surface area contributed by atoms with Crippen LogP contribution in [-0.4, -0.2) is 327 Å². The summed E-state index contributed by atoms with van der Waals surface area (Å²) in [5, 5.41) is 109. The van der Waals surface area contributed by atoms with Gasteiger partial charge in [-0.3, -0.25) is 31.9 Å². The van der Waals surface area contributed by atoms with Crippen molar-refractivity contribution in [1.29, 1.82) is 0 Å². The zero-order chi connectivity index (χ0) is 65.5. The fraction of sp³-hybridized carbons (Fsp3) is 0.933. The van der Waals surface area contributed by atoms with Gasteiger partial charge in [-0.15, -0.1) is 0 Å². The molecule has 5 fully saturated rings. The van der Waals surface area contributed by atoms with E-state index in [1.165, 1.54) is 14.2 Å². The van der Waals surface area contributed by atoms with Gasteiger partial charge in [0.05, 0.1) is 19.8 Å². The Kier molecular flexibility index (Phi) is 24.2. The van der Waals surface area contributed by atoms with E-state index < -0.39 is 258 Å². The van der Waals surface area contributed by atoms with Crippen LogP contribution in [0.5, 0.6) is 0 Å². The van der Waals surface area contributed by atoms with E-state index in [9.17, 15) is 142 Å². The van der Waals surface area contributed by atoms with Gasteiger partial charge in [-0.25, -0.2) is 26.3 Å². The van der Waals surface area contributed by atoms with E-state index in [1.54, 1.807) is 0 Å². The zero-order valence-electron chi connectivity index (χ0n) is 41.4. The highest BCUT2D eigenvalue weighted by Crippen LogP contribution is 2.37. The van der Waals surface area contributed by atoms with Crippen LogP contribution in [0.25, 0.3) is 0 Å². The topological polar surface area (TPSA) is 773 Å². The van der Waals surface area contributed by atoms with E-state index in [4.69, 9.17) is 51.7 Å². The van der Waals surface area contributed by atoms with Crippen molar-refractivity contribution in [3.8, 4) is 0 Å². The summed E-state index contributed by atoms with van der Waals surface area (Å²) in [6.07, 6.45) is -61.5. The predicted molar refractivity (Wildman–Crippen MR) is 247 cm³/mol. The maximum atomic E-state index is 12.8. The minimum Gasteiger partial charge on any atom is -0.479 e. The lowest BCUT2D eigenvalue weighted by Gasteiger charge is -2.50. The molecular weight excluding hydrogens is 1360 g/mol. The molecule has 0 amide bonds. The number of aliphatic hydroxyl groups is 8. The van der Waals surface area contributed by atoms with Crippen LogP contribution in [-0.2, 0) is 141 Å². The maximum absolute atomic E-state index is 12.8. The van der Waals surface area contributed by atoms with Crippen molar-refractivity contribution < 1.29 is 211 Å². The second kappa shape index (κ2) is 28.1. The highest BCUT2D eigenvalue weighted by molar-refractivity contribution is 7.84. The first-order valence-corrected chi connectivity index (χ1v) is 32.3. The molecule has 0 aromatic heterocycles. The highest BCUT2D eigenvalue weighted by Gasteiger charge is 2.60. The van der Waals surface area contributed by atoms with E-state index >= 15 is 0 Å². The Hall–Kier alpha value is -2.65. The first kappa shape index (κ1) is 74.1. The minimum atomic E-state index is -6.08. The Morgan fingerprint density at radius 2 is 0.698 bits per heavy atom. The second-order valence-corrected chi connectivity index (χ2v) is 25.9. The Balaban J connectivity index is 1.51. The van der Waals surface area contributed by atoms with E-state index in [0.29, 0.717) is 0 Å². The highest BCUT2D eigenvalue weighted by atomic mass is 32.3. The number of hydrogen-bond acceptors (Lipinski definition) is 37.